The third-order valence-electron chi connectivity index (χ3n) is 2.41. The molecule has 1 aromatic carbocycles. The molecule has 0 aliphatic heterocycles. The summed E-state index contributed by atoms with van der Waals surface area (Å²) in [5.74, 6) is -0.506. The number of carbonyl (C=O) groups excluding carboxylic acids is 1. The van der Waals surface area contributed by atoms with Gasteiger partial charge < -0.3 is 20.3 Å². The zero-order valence-electron chi connectivity index (χ0n) is 11.8. The Morgan fingerprint density at radius 3 is 2.60 bits per heavy atom. The lowest BCUT2D eigenvalue weighted by Crippen LogP contribution is -2.38. The molecule has 2 unspecified atom stereocenters. The average molecular weight is 285 g/mol. The van der Waals surface area contributed by atoms with Gasteiger partial charge in [0.25, 0.3) is 0 Å². The van der Waals surface area contributed by atoms with Crippen LogP contribution >= 0.6 is 0 Å². The van der Waals surface area contributed by atoms with Gasteiger partial charge in [0, 0.05) is 6.54 Å². The van der Waals surface area contributed by atoms with Crippen LogP contribution in [0.2, 0.25) is 0 Å². The molecule has 0 aromatic heterocycles. The third kappa shape index (κ3) is 5.54. The van der Waals surface area contributed by atoms with Crippen molar-refractivity contribution < 1.29 is 24.1 Å². The van der Waals surface area contributed by atoms with E-state index in [2.05, 4.69) is 5.32 Å². The molecule has 2 atom stereocenters. The van der Waals surface area contributed by atoms with Gasteiger partial charge >= 0.3 is 6.09 Å². The van der Waals surface area contributed by atoms with Crippen LogP contribution < -0.4 is 5.32 Å². The molecule has 0 fully saturated rings. The first-order valence-corrected chi connectivity index (χ1v) is 6.27. The first-order valence-electron chi connectivity index (χ1n) is 6.27. The van der Waals surface area contributed by atoms with Gasteiger partial charge in [-0.25, -0.2) is 9.18 Å². The second-order valence-electron chi connectivity index (χ2n) is 5.45. The Morgan fingerprint density at radius 1 is 1.40 bits per heavy atom. The maximum atomic E-state index is 13.0. The van der Waals surface area contributed by atoms with E-state index in [0.717, 1.165) is 6.07 Å². The molecular formula is C14H20FNO4. The van der Waals surface area contributed by atoms with Crippen molar-refractivity contribution in [2.75, 3.05) is 6.54 Å². The summed E-state index contributed by atoms with van der Waals surface area (Å²) in [5.41, 5.74) is -0.403. The highest BCUT2D eigenvalue weighted by Gasteiger charge is 2.21. The summed E-state index contributed by atoms with van der Waals surface area (Å²) in [5, 5.41) is 22.0. The number of aliphatic hydroxyl groups is 2. The predicted molar refractivity (Wildman–Crippen MR) is 71.6 cm³/mol. The number of rotatable bonds is 4. The van der Waals surface area contributed by atoms with Gasteiger partial charge in [-0.2, -0.15) is 0 Å². The van der Waals surface area contributed by atoms with Crippen molar-refractivity contribution in [3.05, 3.63) is 35.6 Å². The lowest BCUT2D eigenvalue weighted by atomic mass is 10.0. The lowest BCUT2D eigenvalue weighted by molar-refractivity contribution is 0.0128. The van der Waals surface area contributed by atoms with Crippen LogP contribution in [0.1, 0.15) is 32.4 Å². The lowest BCUT2D eigenvalue weighted by Gasteiger charge is -2.22. The highest BCUT2D eigenvalue weighted by atomic mass is 19.1. The van der Waals surface area contributed by atoms with Gasteiger partial charge in [0.05, 0.1) is 0 Å². The molecular weight excluding hydrogens is 265 g/mol. The Morgan fingerprint density at radius 2 is 2.05 bits per heavy atom. The fraction of sp³-hybridized carbons (Fsp3) is 0.500. The van der Waals surface area contributed by atoms with Crippen LogP contribution in [0.4, 0.5) is 9.18 Å². The second-order valence-corrected chi connectivity index (χ2v) is 5.45. The SMILES string of the molecule is CC(C)(C)OC(=O)NCC(O)C(O)c1cccc(F)c1. The van der Waals surface area contributed by atoms with Crippen molar-refractivity contribution in [1.82, 2.24) is 5.32 Å². The number of benzene rings is 1. The highest BCUT2D eigenvalue weighted by Crippen LogP contribution is 2.17. The van der Waals surface area contributed by atoms with E-state index in [1.165, 1.54) is 18.2 Å². The monoisotopic (exact) mass is 285 g/mol. The molecule has 0 aliphatic rings. The Kier molecular flexibility index (Phi) is 5.47. The maximum Gasteiger partial charge on any atom is 0.407 e. The molecule has 1 aromatic rings. The summed E-state index contributed by atoms with van der Waals surface area (Å²) in [6.45, 7) is 4.94. The fourth-order valence-electron chi connectivity index (χ4n) is 1.53. The van der Waals surface area contributed by atoms with Crippen molar-refractivity contribution in [2.24, 2.45) is 0 Å². The summed E-state index contributed by atoms with van der Waals surface area (Å²) in [7, 11) is 0. The van der Waals surface area contributed by atoms with E-state index in [-0.39, 0.29) is 12.1 Å². The van der Waals surface area contributed by atoms with Crippen LogP contribution in [-0.4, -0.2) is 34.6 Å². The summed E-state index contributed by atoms with van der Waals surface area (Å²) < 4.78 is 18.0. The molecule has 0 saturated heterocycles. The van der Waals surface area contributed by atoms with Gasteiger partial charge in [-0.05, 0) is 38.5 Å². The minimum Gasteiger partial charge on any atom is -0.444 e. The van der Waals surface area contributed by atoms with Crippen molar-refractivity contribution in [3.63, 3.8) is 0 Å². The van der Waals surface area contributed by atoms with E-state index < -0.39 is 29.7 Å². The number of carbonyl (C=O) groups is 1. The Hall–Kier alpha value is -1.66. The molecule has 0 aliphatic carbocycles. The number of alkyl carbamates (subject to hydrolysis) is 1. The smallest absolute Gasteiger partial charge is 0.407 e. The van der Waals surface area contributed by atoms with Crippen LogP contribution in [0.15, 0.2) is 24.3 Å². The topological polar surface area (TPSA) is 78.8 Å². The number of nitrogens with one attached hydrogen (secondary N) is 1. The van der Waals surface area contributed by atoms with Crippen LogP contribution in [-0.2, 0) is 4.74 Å². The van der Waals surface area contributed by atoms with E-state index in [1.807, 2.05) is 0 Å². The Labute approximate surface area is 117 Å². The molecule has 0 spiro atoms. The molecule has 0 bridgehead atoms. The number of hydrogen-bond acceptors (Lipinski definition) is 4. The molecule has 6 heteroatoms. The first-order chi connectivity index (χ1) is 9.19. The molecule has 20 heavy (non-hydrogen) atoms. The molecule has 5 nitrogen and oxygen atoms in total. The van der Waals surface area contributed by atoms with Gasteiger partial charge in [-0.1, -0.05) is 12.1 Å². The van der Waals surface area contributed by atoms with E-state index in [9.17, 15) is 19.4 Å². The van der Waals surface area contributed by atoms with Gasteiger partial charge in [-0.15, -0.1) is 0 Å². The van der Waals surface area contributed by atoms with Crippen LogP contribution in [0.5, 0.6) is 0 Å². The van der Waals surface area contributed by atoms with E-state index >= 15 is 0 Å². The second kappa shape index (κ2) is 6.67. The predicted octanol–water partition coefficient (Wildman–Crippen LogP) is 1.74. The van der Waals surface area contributed by atoms with E-state index in [4.69, 9.17) is 4.74 Å². The normalized spacial score (nSPS) is 14.5. The van der Waals surface area contributed by atoms with Crippen LogP contribution in [0.25, 0.3) is 0 Å². The van der Waals surface area contributed by atoms with Crippen molar-refractivity contribution >= 4 is 6.09 Å². The van der Waals surface area contributed by atoms with Crippen molar-refractivity contribution in [1.29, 1.82) is 0 Å². The minimum absolute atomic E-state index is 0.202. The summed E-state index contributed by atoms with van der Waals surface area (Å²) >= 11 is 0. The number of aliphatic hydroxyl groups excluding tert-OH is 2. The summed E-state index contributed by atoms with van der Waals surface area (Å²) in [4.78, 5) is 11.4. The van der Waals surface area contributed by atoms with E-state index in [1.54, 1.807) is 20.8 Å². The molecule has 3 N–H and O–H groups in total. The molecule has 0 radical (unpaired) electrons. The zero-order valence-corrected chi connectivity index (χ0v) is 11.8. The Bertz CT molecular complexity index is 459. The number of amides is 1. The Balaban J connectivity index is 2.50. The van der Waals surface area contributed by atoms with Crippen LogP contribution in [0, 0.1) is 5.82 Å². The largest absolute Gasteiger partial charge is 0.444 e. The number of halogens is 1. The molecule has 0 saturated carbocycles. The van der Waals surface area contributed by atoms with Gasteiger partial charge in [0.15, 0.2) is 0 Å². The quantitative estimate of drug-likeness (QED) is 0.787. The zero-order chi connectivity index (χ0) is 15.3. The first kappa shape index (κ1) is 16.4. The van der Waals surface area contributed by atoms with Gasteiger partial charge in [0.1, 0.15) is 23.6 Å². The molecule has 0 heterocycles. The summed E-state index contributed by atoms with van der Waals surface area (Å²) in [6.07, 6.45) is -3.24. The maximum absolute atomic E-state index is 13.0. The fourth-order valence-corrected chi connectivity index (χ4v) is 1.53. The standard InChI is InChI=1S/C14H20FNO4/c1-14(2,3)20-13(19)16-8-11(17)12(18)9-5-4-6-10(15)7-9/h4-7,11-12,17-18H,8H2,1-3H3,(H,16,19). The van der Waals surface area contributed by atoms with Crippen molar-refractivity contribution in [2.45, 2.75) is 38.6 Å². The van der Waals surface area contributed by atoms with Crippen LogP contribution in [0.3, 0.4) is 0 Å². The van der Waals surface area contributed by atoms with Gasteiger partial charge in [0.2, 0.25) is 0 Å². The average Bonchev–Trinajstić information content (AvgIpc) is 2.33. The number of hydrogen-bond donors (Lipinski definition) is 3. The molecule has 1 amide bonds. The van der Waals surface area contributed by atoms with E-state index in [0.29, 0.717) is 0 Å². The van der Waals surface area contributed by atoms with Crippen molar-refractivity contribution in [3.8, 4) is 0 Å². The molecule has 1 rings (SSSR count). The number of ether oxygens (including phenoxy) is 1. The highest BCUT2D eigenvalue weighted by molar-refractivity contribution is 5.67. The third-order valence-corrected chi connectivity index (χ3v) is 2.41. The minimum atomic E-state index is -1.29. The van der Waals surface area contributed by atoms with Gasteiger partial charge in [-0.3, -0.25) is 0 Å². The molecule has 112 valence electrons. The summed E-state index contributed by atoms with van der Waals surface area (Å²) in [6, 6.07) is 5.29.